The fourth-order valence-electron chi connectivity index (χ4n) is 1.90. The Kier molecular flexibility index (Phi) is 3.56. The summed E-state index contributed by atoms with van der Waals surface area (Å²) in [5.74, 6) is 1.35. The van der Waals surface area contributed by atoms with Crippen LogP contribution >= 0.6 is 0 Å². The van der Waals surface area contributed by atoms with E-state index in [-0.39, 0.29) is 5.60 Å². The lowest BCUT2D eigenvalue weighted by Gasteiger charge is -2.37. The summed E-state index contributed by atoms with van der Waals surface area (Å²) >= 11 is 0. The third kappa shape index (κ3) is 2.10. The van der Waals surface area contributed by atoms with Crippen molar-refractivity contribution in [2.24, 2.45) is 0 Å². The Morgan fingerprint density at radius 1 is 1.50 bits per heavy atom. The highest BCUT2D eigenvalue weighted by Crippen LogP contribution is 2.42. The lowest BCUT2D eigenvalue weighted by Crippen LogP contribution is -2.37. The van der Waals surface area contributed by atoms with Gasteiger partial charge in [0.25, 0.3) is 0 Å². The number of ether oxygens (including phenoxy) is 1. The quantitative estimate of drug-likeness (QED) is 0.745. The number of hydrogen-bond acceptors (Lipinski definition) is 5. The number of rotatable bonds is 6. The van der Waals surface area contributed by atoms with E-state index in [0.717, 1.165) is 25.8 Å². The van der Waals surface area contributed by atoms with Crippen molar-refractivity contribution in [3.8, 4) is 0 Å². The molecule has 5 nitrogen and oxygen atoms in total. The summed E-state index contributed by atoms with van der Waals surface area (Å²) in [4.78, 5) is 4.38. The zero-order valence-corrected chi connectivity index (χ0v) is 9.95. The maximum atomic E-state index is 5.49. The molecule has 0 bridgehead atoms. The maximum Gasteiger partial charge on any atom is 0.240 e. The fourth-order valence-corrected chi connectivity index (χ4v) is 1.90. The first-order valence-corrected chi connectivity index (χ1v) is 5.89. The van der Waals surface area contributed by atoms with Crippen LogP contribution in [0.25, 0.3) is 0 Å². The van der Waals surface area contributed by atoms with Crippen molar-refractivity contribution in [3.05, 3.63) is 11.7 Å². The van der Waals surface area contributed by atoms with Crippen molar-refractivity contribution in [3.63, 3.8) is 0 Å². The van der Waals surface area contributed by atoms with Gasteiger partial charge in [-0.2, -0.15) is 4.98 Å². The largest absolute Gasteiger partial charge is 0.370 e. The van der Waals surface area contributed by atoms with Gasteiger partial charge in [0.05, 0.1) is 6.54 Å². The van der Waals surface area contributed by atoms with Gasteiger partial charge in [-0.3, -0.25) is 0 Å². The zero-order valence-electron chi connectivity index (χ0n) is 9.95. The van der Waals surface area contributed by atoms with Gasteiger partial charge in [0, 0.05) is 7.11 Å². The van der Waals surface area contributed by atoms with E-state index in [4.69, 9.17) is 9.26 Å². The van der Waals surface area contributed by atoms with Crippen molar-refractivity contribution >= 4 is 0 Å². The first-order chi connectivity index (χ1) is 7.80. The van der Waals surface area contributed by atoms with E-state index in [1.165, 1.54) is 6.42 Å². The van der Waals surface area contributed by atoms with Gasteiger partial charge in [0.1, 0.15) is 5.60 Å². The molecule has 2 rings (SSSR count). The van der Waals surface area contributed by atoms with Crippen molar-refractivity contribution in [1.82, 2.24) is 15.5 Å². The van der Waals surface area contributed by atoms with Crippen LogP contribution in [-0.4, -0.2) is 23.8 Å². The molecule has 1 aromatic heterocycles. The monoisotopic (exact) mass is 225 g/mol. The van der Waals surface area contributed by atoms with Gasteiger partial charge >= 0.3 is 0 Å². The molecule has 0 amide bonds. The molecular weight excluding hydrogens is 206 g/mol. The maximum absolute atomic E-state index is 5.49. The topological polar surface area (TPSA) is 60.2 Å². The number of methoxy groups -OCH3 is 1. The SMILES string of the molecule is CCCNCc1nc(C2(OC)CCC2)no1. The van der Waals surface area contributed by atoms with Gasteiger partial charge < -0.3 is 14.6 Å². The van der Waals surface area contributed by atoms with Crippen molar-refractivity contribution < 1.29 is 9.26 Å². The summed E-state index contributed by atoms with van der Waals surface area (Å²) in [7, 11) is 1.71. The van der Waals surface area contributed by atoms with Crippen LogP contribution in [-0.2, 0) is 16.9 Å². The Labute approximate surface area is 95.6 Å². The molecular formula is C11H19N3O2. The molecule has 0 atom stereocenters. The molecule has 1 aliphatic rings. The molecule has 0 spiro atoms. The van der Waals surface area contributed by atoms with E-state index in [1.807, 2.05) is 0 Å². The molecule has 1 aliphatic carbocycles. The van der Waals surface area contributed by atoms with E-state index in [1.54, 1.807) is 7.11 Å². The van der Waals surface area contributed by atoms with E-state index in [0.29, 0.717) is 18.3 Å². The number of hydrogen-bond donors (Lipinski definition) is 1. The highest BCUT2D eigenvalue weighted by molar-refractivity contribution is 5.06. The second-order valence-corrected chi connectivity index (χ2v) is 4.24. The van der Waals surface area contributed by atoms with Crippen LogP contribution < -0.4 is 5.32 Å². The highest BCUT2D eigenvalue weighted by Gasteiger charge is 2.43. The summed E-state index contributed by atoms with van der Waals surface area (Å²) < 4.78 is 10.7. The van der Waals surface area contributed by atoms with E-state index in [2.05, 4.69) is 22.4 Å². The lowest BCUT2D eigenvalue weighted by atomic mass is 9.79. The second-order valence-electron chi connectivity index (χ2n) is 4.24. The molecule has 5 heteroatoms. The normalized spacial score (nSPS) is 18.4. The predicted octanol–water partition coefficient (Wildman–Crippen LogP) is 1.59. The molecule has 0 saturated heterocycles. The van der Waals surface area contributed by atoms with Crippen LogP contribution in [0.15, 0.2) is 4.52 Å². The Morgan fingerprint density at radius 3 is 2.88 bits per heavy atom. The number of aromatic nitrogens is 2. The predicted molar refractivity (Wildman–Crippen MR) is 58.8 cm³/mol. The van der Waals surface area contributed by atoms with Crippen molar-refractivity contribution in [2.75, 3.05) is 13.7 Å². The molecule has 0 aliphatic heterocycles. The van der Waals surface area contributed by atoms with Crippen LogP contribution in [0.5, 0.6) is 0 Å². The average molecular weight is 225 g/mol. The third-order valence-electron chi connectivity index (χ3n) is 3.13. The Hall–Kier alpha value is -0.940. The average Bonchev–Trinajstić information content (AvgIpc) is 2.67. The minimum Gasteiger partial charge on any atom is -0.370 e. The molecule has 1 fully saturated rings. The van der Waals surface area contributed by atoms with Gasteiger partial charge in [0.2, 0.25) is 11.7 Å². The molecule has 1 N–H and O–H groups in total. The van der Waals surface area contributed by atoms with Gasteiger partial charge in [0.15, 0.2) is 0 Å². The van der Waals surface area contributed by atoms with Crippen LogP contribution in [0.4, 0.5) is 0 Å². The molecule has 0 unspecified atom stereocenters. The van der Waals surface area contributed by atoms with E-state index < -0.39 is 0 Å². The molecule has 1 heterocycles. The van der Waals surface area contributed by atoms with Crippen molar-refractivity contribution in [1.29, 1.82) is 0 Å². The van der Waals surface area contributed by atoms with Gasteiger partial charge in [-0.05, 0) is 32.2 Å². The van der Waals surface area contributed by atoms with Gasteiger partial charge in [-0.1, -0.05) is 12.1 Å². The van der Waals surface area contributed by atoms with Gasteiger partial charge in [-0.25, -0.2) is 0 Å². The minimum absolute atomic E-state index is 0.271. The summed E-state index contributed by atoms with van der Waals surface area (Å²) in [6.07, 6.45) is 4.25. The summed E-state index contributed by atoms with van der Waals surface area (Å²) in [5, 5.41) is 7.24. The lowest BCUT2D eigenvalue weighted by molar-refractivity contribution is -0.0858. The Morgan fingerprint density at radius 2 is 2.31 bits per heavy atom. The molecule has 0 aromatic carbocycles. The second kappa shape index (κ2) is 4.93. The number of nitrogens with one attached hydrogen (secondary N) is 1. The molecule has 16 heavy (non-hydrogen) atoms. The fraction of sp³-hybridized carbons (Fsp3) is 0.818. The van der Waals surface area contributed by atoms with Crippen LogP contribution in [0.2, 0.25) is 0 Å². The summed E-state index contributed by atoms with van der Waals surface area (Å²) in [5.41, 5.74) is -0.271. The van der Waals surface area contributed by atoms with E-state index >= 15 is 0 Å². The smallest absolute Gasteiger partial charge is 0.240 e. The first-order valence-electron chi connectivity index (χ1n) is 5.89. The third-order valence-corrected chi connectivity index (χ3v) is 3.13. The molecule has 1 saturated carbocycles. The Balaban J connectivity index is 1.96. The van der Waals surface area contributed by atoms with E-state index in [9.17, 15) is 0 Å². The van der Waals surface area contributed by atoms with Crippen LogP contribution in [0, 0.1) is 0 Å². The molecule has 0 radical (unpaired) electrons. The number of nitrogens with zero attached hydrogens (tertiary/aromatic N) is 2. The van der Waals surface area contributed by atoms with Gasteiger partial charge in [-0.15, -0.1) is 0 Å². The molecule has 1 aromatic rings. The zero-order chi connectivity index (χ0) is 11.4. The Bertz CT molecular complexity index is 328. The molecule has 90 valence electrons. The highest BCUT2D eigenvalue weighted by atomic mass is 16.5. The van der Waals surface area contributed by atoms with Crippen LogP contribution in [0.3, 0.4) is 0 Å². The first kappa shape index (κ1) is 11.5. The standard InChI is InChI=1S/C11H19N3O2/c1-3-7-12-8-9-13-10(14-16-9)11(15-2)5-4-6-11/h12H,3-8H2,1-2H3. The van der Waals surface area contributed by atoms with Crippen molar-refractivity contribution in [2.45, 2.75) is 44.8 Å². The summed E-state index contributed by atoms with van der Waals surface area (Å²) in [6, 6.07) is 0. The summed E-state index contributed by atoms with van der Waals surface area (Å²) in [6.45, 7) is 3.73. The van der Waals surface area contributed by atoms with Crippen LogP contribution in [0.1, 0.15) is 44.3 Å². The minimum atomic E-state index is -0.271.